The molecule has 0 spiro atoms. The highest BCUT2D eigenvalue weighted by Crippen LogP contribution is 2.21. The van der Waals surface area contributed by atoms with Gasteiger partial charge in [0.15, 0.2) is 0 Å². The number of amides is 1. The molecule has 0 bridgehead atoms. The standard InChI is InChI=1S/C15H18N2O6S/c1-15(19,13-4-3-9-23-13)10-16-24(20,21)12-7-5-11(6-8-12)17-14(18)22-2/h3-9,16,19H,10H2,1-2H3,(H,17,18). The van der Waals surface area contributed by atoms with E-state index in [9.17, 15) is 18.3 Å². The molecular formula is C15H18N2O6S. The molecule has 2 aromatic rings. The quantitative estimate of drug-likeness (QED) is 0.726. The topological polar surface area (TPSA) is 118 Å². The summed E-state index contributed by atoms with van der Waals surface area (Å²) >= 11 is 0. The summed E-state index contributed by atoms with van der Waals surface area (Å²) in [6.45, 7) is 1.18. The maximum absolute atomic E-state index is 12.3. The number of carbonyl (C=O) groups excluding carboxylic acids is 1. The minimum Gasteiger partial charge on any atom is -0.466 e. The average Bonchev–Trinajstić information content (AvgIpc) is 3.09. The Balaban J connectivity index is 2.06. The second kappa shape index (κ2) is 7.04. The minimum atomic E-state index is -3.83. The van der Waals surface area contributed by atoms with E-state index in [1.807, 2.05) is 0 Å². The van der Waals surface area contributed by atoms with E-state index in [2.05, 4.69) is 14.8 Å². The number of ether oxygens (including phenoxy) is 1. The normalized spacial score (nSPS) is 14.0. The smallest absolute Gasteiger partial charge is 0.411 e. The summed E-state index contributed by atoms with van der Waals surface area (Å²) in [5.74, 6) is 0.253. The maximum atomic E-state index is 12.3. The molecule has 0 fully saturated rings. The van der Waals surface area contributed by atoms with Crippen LogP contribution in [0.1, 0.15) is 12.7 Å². The Morgan fingerprint density at radius 3 is 2.50 bits per heavy atom. The largest absolute Gasteiger partial charge is 0.466 e. The molecule has 0 radical (unpaired) electrons. The van der Waals surface area contributed by atoms with Gasteiger partial charge in [0, 0.05) is 12.2 Å². The molecule has 0 saturated heterocycles. The summed E-state index contributed by atoms with van der Waals surface area (Å²) in [7, 11) is -2.61. The first-order valence-corrected chi connectivity index (χ1v) is 8.44. The maximum Gasteiger partial charge on any atom is 0.411 e. The third-order valence-corrected chi connectivity index (χ3v) is 4.67. The lowest BCUT2D eigenvalue weighted by Crippen LogP contribution is -2.38. The van der Waals surface area contributed by atoms with Crippen LogP contribution in [0.4, 0.5) is 10.5 Å². The van der Waals surface area contributed by atoms with Crippen molar-refractivity contribution >= 4 is 21.8 Å². The fraction of sp³-hybridized carbons (Fsp3) is 0.267. The average molecular weight is 354 g/mol. The molecular weight excluding hydrogens is 336 g/mol. The number of hydrogen-bond donors (Lipinski definition) is 3. The third-order valence-electron chi connectivity index (χ3n) is 3.25. The molecule has 9 heteroatoms. The number of sulfonamides is 1. The van der Waals surface area contributed by atoms with Gasteiger partial charge in [0.2, 0.25) is 10.0 Å². The van der Waals surface area contributed by atoms with Crippen LogP contribution >= 0.6 is 0 Å². The summed E-state index contributed by atoms with van der Waals surface area (Å²) < 4.78 is 36.4. The van der Waals surface area contributed by atoms with Gasteiger partial charge in [-0.2, -0.15) is 0 Å². The monoisotopic (exact) mass is 354 g/mol. The lowest BCUT2D eigenvalue weighted by atomic mass is 10.1. The van der Waals surface area contributed by atoms with Crippen LogP contribution in [0.5, 0.6) is 0 Å². The first kappa shape index (κ1) is 18.0. The van der Waals surface area contributed by atoms with Crippen molar-refractivity contribution in [2.24, 2.45) is 0 Å². The SMILES string of the molecule is COC(=O)Nc1ccc(S(=O)(=O)NCC(C)(O)c2ccco2)cc1. The zero-order chi connectivity index (χ0) is 17.8. The Labute approximate surface area is 139 Å². The highest BCUT2D eigenvalue weighted by Gasteiger charge is 2.28. The fourth-order valence-electron chi connectivity index (χ4n) is 1.88. The predicted molar refractivity (Wildman–Crippen MR) is 85.9 cm³/mol. The molecule has 2 rings (SSSR count). The number of methoxy groups -OCH3 is 1. The summed E-state index contributed by atoms with van der Waals surface area (Å²) in [4.78, 5) is 11.1. The van der Waals surface area contributed by atoms with Crippen molar-refractivity contribution in [1.82, 2.24) is 4.72 Å². The van der Waals surface area contributed by atoms with Gasteiger partial charge in [-0.3, -0.25) is 5.32 Å². The molecule has 24 heavy (non-hydrogen) atoms. The number of carbonyl (C=O) groups is 1. The van der Waals surface area contributed by atoms with E-state index in [0.29, 0.717) is 5.69 Å². The lowest BCUT2D eigenvalue weighted by molar-refractivity contribution is 0.0395. The molecule has 0 saturated carbocycles. The molecule has 1 heterocycles. The molecule has 1 aromatic carbocycles. The first-order valence-electron chi connectivity index (χ1n) is 6.96. The Morgan fingerprint density at radius 2 is 1.96 bits per heavy atom. The number of nitrogens with one attached hydrogen (secondary N) is 2. The molecule has 130 valence electrons. The van der Waals surface area contributed by atoms with E-state index in [1.165, 1.54) is 44.6 Å². The van der Waals surface area contributed by atoms with Gasteiger partial charge >= 0.3 is 6.09 Å². The van der Waals surface area contributed by atoms with Crippen LogP contribution in [0.3, 0.4) is 0 Å². The second-order valence-electron chi connectivity index (χ2n) is 5.22. The van der Waals surface area contributed by atoms with Gasteiger partial charge in [0.05, 0.1) is 18.3 Å². The molecule has 8 nitrogen and oxygen atoms in total. The molecule has 0 aliphatic rings. The van der Waals surface area contributed by atoms with Crippen molar-refractivity contribution in [2.75, 3.05) is 19.0 Å². The molecule has 1 atom stereocenters. The van der Waals surface area contributed by atoms with Crippen LogP contribution in [0.25, 0.3) is 0 Å². The van der Waals surface area contributed by atoms with Crippen LogP contribution in [-0.2, 0) is 20.4 Å². The Kier molecular flexibility index (Phi) is 5.27. The zero-order valence-corrected chi connectivity index (χ0v) is 14.0. The van der Waals surface area contributed by atoms with Crippen molar-refractivity contribution in [3.63, 3.8) is 0 Å². The number of anilines is 1. The summed E-state index contributed by atoms with van der Waals surface area (Å²) in [6, 6.07) is 8.67. The van der Waals surface area contributed by atoms with Crippen molar-refractivity contribution in [1.29, 1.82) is 0 Å². The summed E-state index contributed by atoms with van der Waals surface area (Å²) in [5, 5.41) is 12.7. The van der Waals surface area contributed by atoms with Gasteiger partial charge in [-0.1, -0.05) is 0 Å². The Bertz CT molecular complexity index is 782. The summed E-state index contributed by atoms with van der Waals surface area (Å²) in [5.41, 5.74) is -1.09. The predicted octanol–water partition coefficient (Wildman–Crippen LogP) is 1.64. The number of aliphatic hydroxyl groups is 1. The first-order chi connectivity index (χ1) is 11.2. The van der Waals surface area contributed by atoms with Crippen LogP contribution in [0.15, 0.2) is 52.0 Å². The molecule has 1 aromatic heterocycles. The van der Waals surface area contributed by atoms with Gasteiger partial charge < -0.3 is 14.3 Å². The van der Waals surface area contributed by atoms with Gasteiger partial charge in [0.25, 0.3) is 0 Å². The Hall–Kier alpha value is -2.36. The van der Waals surface area contributed by atoms with E-state index in [1.54, 1.807) is 12.1 Å². The van der Waals surface area contributed by atoms with Crippen molar-refractivity contribution in [3.05, 3.63) is 48.4 Å². The molecule has 3 N–H and O–H groups in total. The van der Waals surface area contributed by atoms with E-state index >= 15 is 0 Å². The number of hydrogen-bond acceptors (Lipinski definition) is 6. The summed E-state index contributed by atoms with van der Waals surface area (Å²) in [6.07, 6.45) is 0.740. The molecule has 0 aliphatic carbocycles. The van der Waals surface area contributed by atoms with E-state index in [4.69, 9.17) is 4.42 Å². The van der Waals surface area contributed by atoms with E-state index < -0.39 is 21.7 Å². The van der Waals surface area contributed by atoms with Crippen molar-refractivity contribution in [3.8, 4) is 0 Å². The molecule has 1 amide bonds. The molecule has 1 unspecified atom stereocenters. The number of rotatable bonds is 6. The molecule has 0 aliphatic heterocycles. The van der Waals surface area contributed by atoms with Crippen LogP contribution in [0.2, 0.25) is 0 Å². The van der Waals surface area contributed by atoms with Crippen LogP contribution in [0, 0.1) is 0 Å². The fourth-order valence-corrected chi connectivity index (χ4v) is 3.01. The zero-order valence-electron chi connectivity index (χ0n) is 13.1. The highest BCUT2D eigenvalue weighted by atomic mass is 32.2. The van der Waals surface area contributed by atoms with Crippen LogP contribution in [-0.4, -0.2) is 33.3 Å². The van der Waals surface area contributed by atoms with Gasteiger partial charge in [0.1, 0.15) is 11.4 Å². The lowest BCUT2D eigenvalue weighted by Gasteiger charge is -2.21. The van der Waals surface area contributed by atoms with E-state index in [0.717, 1.165) is 0 Å². The van der Waals surface area contributed by atoms with Gasteiger partial charge in [-0.15, -0.1) is 0 Å². The van der Waals surface area contributed by atoms with Crippen molar-refractivity contribution < 1.29 is 27.5 Å². The third kappa shape index (κ3) is 4.34. The van der Waals surface area contributed by atoms with Gasteiger partial charge in [-0.05, 0) is 43.3 Å². The van der Waals surface area contributed by atoms with Crippen molar-refractivity contribution in [2.45, 2.75) is 17.4 Å². The number of benzene rings is 1. The number of furan rings is 1. The second-order valence-corrected chi connectivity index (χ2v) is 6.98. The Morgan fingerprint density at radius 1 is 1.29 bits per heavy atom. The minimum absolute atomic E-state index is 0.00633. The van der Waals surface area contributed by atoms with Crippen LogP contribution < -0.4 is 10.0 Å². The highest BCUT2D eigenvalue weighted by molar-refractivity contribution is 7.89. The van der Waals surface area contributed by atoms with Gasteiger partial charge in [-0.25, -0.2) is 17.9 Å². The van der Waals surface area contributed by atoms with E-state index in [-0.39, 0.29) is 17.2 Å².